The molecule has 1 heterocycles. The predicted molar refractivity (Wildman–Crippen MR) is 55.3 cm³/mol. The number of ether oxygens (including phenoxy) is 1. The van der Waals surface area contributed by atoms with Crippen molar-refractivity contribution in [3.8, 4) is 0 Å². The first kappa shape index (κ1) is 12.1. The van der Waals surface area contributed by atoms with Crippen LogP contribution in [0.25, 0.3) is 0 Å². The van der Waals surface area contributed by atoms with Crippen LogP contribution in [0.5, 0.6) is 0 Å². The first-order chi connectivity index (χ1) is 7.16. The minimum Gasteiger partial charge on any atom is -0.382 e. The zero-order valence-corrected chi connectivity index (χ0v) is 9.28. The molecule has 1 rings (SSSR count). The van der Waals surface area contributed by atoms with Gasteiger partial charge in [-0.05, 0) is 20.3 Å². The van der Waals surface area contributed by atoms with Crippen LogP contribution in [0.3, 0.4) is 0 Å². The van der Waals surface area contributed by atoms with Crippen LogP contribution < -0.4 is 5.32 Å². The summed E-state index contributed by atoms with van der Waals surface area (Å²) in [6.45, 7) is 5.66. The maximum atomic E-state index is 11.6. The number of amides is 2. The lowest BCUT2D eigenvalue weighted by Crippen LogP contribution is -2.57. The third-order valence-electron chi connectivity index (χ3n) is 2.37. The summed E-state index contributed by atoms with van der Waals surface area (Å²) in [7, 11) is 0. The summed E-state index contributed by atoms with van der Waals surface area (Å²) < 4.78 is 5.16. The largest absolute Gasteiger partial charge is 0.382 e. The first-order valence-corrected chi connectivity index (χ1v) is 5.32. The summed E-state index contributed by atoms with van der Waals surface area (Å²) in [6, 6.07) is -0.255. The minimum atomic E-state index is -0.255. The molecule has 1 N–H and O–H groups in total. The number of rotatable bonds is 5. The van der Waals surface area contributed by atoms with Gasteiger partial charge in [-0.3, -0.25) is 19.8 Å². The second-order valence-corrected chi connectivity index (χ2v) is 3.54. The van der Waals surface area contributed by atoms with Gasteiger partial charge in [-0.25, -0.2) is 0 Å². The van der Waals surface area contributed by atoms with E-state index < -0.39 is 0 Å². The van der Waals surface area contributed by atoms with Crippen LogP contribution in [0.4, 0.5) is 0 Å². The maximum absolute atomic E-state index is 11.6. The lowest BCUT2D eigenvalue weighted by molar-refractivity contribution is -0.149. The van der Waals surface area contributed by atoms with Crippen molar-refractivity contribution in [1.29, 1.82) is 0 Å². The molecule has 1 fully saturated rings. The smallest absolute Gasteiger partial charge is 0.246 e. The number of carbonyl (C=O) groups is 2. The van der Waals surface area contributed by atoms with Gasteiger partial charge in [0.25, 0.3) is 0 Å². The van der Waals surface area contributed by atoms with Crippen LogP contribution in [0.15, 0.2) is 0 Å². The molecule has 1 aliphatic heterocycles. The Morgan fingerprint density at radius 2 is 2.27 bits per heavy atom. The van der Waals surface area contributed by atoms with Crippen molar-refractivity contribution in [1.82, 2.24) is 10.2 Å². The molecular formula is C10H18N2O3. The third-order valence-corrected chi connectivity index (χ3v) is 2.37. The fourth-order valence-electron chi connectivity index (χ4n) is 1.48. The Labute approximate surface area is 89.8 Å². The number of carbonyl (C=O) groups excluding carboxylic acids is 2. The minimum absolute atomic E-state index is 0.136. The molecule has 15 heavy (non-hydrogen) atoms. The van der Waals surface area contributed by atoms with Crippen molar-refractivity contribution < 1.29 is 14.3 Å². The van der Waals surface area contributed by atoms with Gasteiger partial charge in [0.2, 0.25) is 11.8 Å². The van der Waals surface area contributed by atoms with Gasteiger partial charge >= 0.3 is 0 Å². The zero-order valence-electron chi connectivity index (χ0n) is 9.28. The normalized spacial score (nSPS) is 22.3. The second kappa shape index (κ2) is 5.82. The molecule has 1 aliphatic rings. The Balaban J connectivity index is 2.36. The van der Waals surface area contributed by atoms with Crippen molar-refractivity contribution in [3.05, 3.63) is 0 Å². The lowest BCUT2D eigenvalue weighted by Gasteiger charge is -2.29. The number of nitrogens with zero attached hydrogens (tertiary/aromatic N) is 1. The van der Waals surface area contributed by atoms with E-state index in [1.165, 1.54) is 4.90 Å². The van der Waals surface area contributed by atoms with Crippen molar-refractivity contribution in [2.75, 3.05) is 26.3 Å². The average Bonchev–Trinajstić information content (AvgIpc) is 2.23. The Morgan fingerprint density at radius 3 is 2.93 bits per heavy atom. The van der Waals surface area contributed by atoms with Gasteiger partial charge in [0.15, 0.2) is 0 Å². The monoisotopic (exact) mass is 214 g/mol. The second-order valence-electron chi connectivity index (χ2n) is 3.54. The van der Waals surface area contributed by atoms with Crippen LogP contribution in [0.1, 0.15) is 20.3 Å². The summed E-state index contributed by atoms with van der Waals surface area (Å²) in [5.74, 6) is -0.280. The predicted octanol–water partition coefficient (Wildman–Crippen LogP) is -0.240. The van der Waals surface area contributed by atoms with E-state index in [0.29, 0.717) is 26.2 Å². The molecule has 5 nitrogen and oxygen atoms in total. The van der Waals surface area contributed by atoms with Crippen LogP contribution in [-0.4, -0.2) is 49.1 Å². The SMILES string of the molecule is CCOCCCN1C(=O)CNC(C)C1=O. The van der Waals surface area contributed by atoms with Crippen LogP contribution in [-0.2, 0) is 14.3 Å². The van der Waals surface area contributed by atoms with Gasteiger partial charge in [-0.1, -0.05) is 0 Å². The maximum Gasteiger partial charge on any atom is 0.246 e. The third kappa shape index (κ3) is 3.28. The van der Waals surface area contributed by atoms with E-state index >= 15 is 0 Å². The molecule has 0 aromatic rings. The summed E-state index contributed by atoms with van der Waals surface area (Å²) in [6.07, 6.45) is 0.706. The van der Waals surface area contributed by atoms with Gasteiger partial charge in [0.1, 0.15) is 0 Å². The van der Waals surface area contributed by atoms with E-state index in [1.807, 2.05) is 6.92 Å². The lowest BCUT2D eigenvalue weighted by atomic mass is 10.2. The van der Waals surface area contributed by atoms with E-state index in [0.717, 1.165) is 0 Å². The van der Waals surface area contributed by atoms with E-state index in [4.69, 9.17) is 4.74 Å². The molecule has 0 aromatic carbocycles. The van der Waals surface area contributed by atoms with Crippen LogP contribution >= 0.6 is 0 Å². The molecule has 0 radical (unpaired) electrons. The van der Waals surface area contributed by atoms with Crippen molar-refractivity contribution in [3.63, 3.8) is 0 Å². The van der Waals surface area contributed by atoms with E-state index in [-0.39, 0.29) is 24.4 Å². The highest BCUT2D eigenvalue weighted by Gasteiger charge is 2.30. The fraction of sp³-hybridized carbons (Fsp3) is 0.800. The van der Waals surface area contributed by atoms with E-state index in [9.17, 15) is 9.59 Å². The summed E-state index contributed by atoms with van der Waals surface area (Å²) in [5.41, 5.74) is 0. The van der Waals surface area contributed by atoms with Gasteiger partial charge in [-0.2, -0.15) is 0 Å². The number of imide groups is 1. The summed E-state index contributed by atoms with van der Waals surface area (Å²) in [4.78, 5) is 24.3. The van der Waals surface area contributed by atoms with Crippen molar-refractivity contribution in [2.24, 2.45) is 0 Å². The number of piperazine rings is 1. The topological polar surface area (TPSA) is 58.6 Å². The summed E-state index contributed by atoms with van der Waals surface area (Å²) in [5, 5.41) is 2.84. The van der Waals surface area contributed by atoms with Gasteiger partial charge < -0.3 is 4.74 Å². The average molecular weight is 214 g/mol. The first-order valence-electron chi connectivity index (χ1n) is 5.32. The molecule has 1 unspecified atom stereocenters. The summed E-state index contributed by atoms with van der Waals surface area (Å²) >= 11 is 0. The highest BCUT2D eigenvalue weighted by atomic mass is 16.5. The van der Waals surface area contributed by atoms with Crippen molar-refractivity contribution in [2.45, 2.75) is 26.3 Å². The molecule has 0 bridgehead atoms. The molecule has 86 valence electrons. The molecule has 0 spiro atoms. The standard InChI is InChI=1S/C10H18N2O3/c1-3-15-6-4-5-12-9(13)7-11-8(2)10(12)14/h8,11H,3-7H2,1-2H3. The van der Waals surface area contributed by atoms with Gasteiger partial charge in [0.05, 0.1) is 12.6 Å². The van der Waals surface area contributed by atoms with Crippen LogP contribution in [0.2, 0.25) is 0 Å². The van der Waals surface area contributed by atoms with Crippen LogP contribution in [0, 0.1) is 0 Å². The van der Waals surface area contributed by atoms with E-state index in [1.54, 1.807) is 6.92 Å². The zero-order chi connectivity index (χ0) is 11.3. The molecule has 1 atom stereocenters. The molecule has 1 saturated heterocycles. The molecule has 2 amide bonds. The van der Waals surface area contributed by atoms with Crippen molar-refractivity contribution >= 4 is 11.8 Å². The highest BCUT2D eigenvalue weighted by Crippen LogP contribution is 2.03. The molecule has 5 heteroatoms. The molecule has 0 aromatic heterocycles. The number of nitrogens with one attached hydrogen (secondary N) is 1. The van der Waals surface area contributed by atoms with E-state index in [2.05, 4.69) is 5.32 Å². The Kier molecular flexibility index (Phi) is 4.71. The highest BCUT2D eigenvalue weighted by molar-refractivity contribution is 6.00. The fourth-order valence-corrected chi connectivity index (χ4v) is 1.48. The quantitative estimate of drug-likeness (QED) is 0.507. The Morgan fingerprint density at radius 1 is 1.53 bits per heavy atom. The molecule has 0 saturated carbocycles. The Bertz CT molecular complexity index is 243. The number of hydrogen-bond acceptors (Lipinski definition) is 4. The van der Waals surface area contributed by atoms with Gasteiger partial charge in [-0.15, -0.1) is 0 Å². The molecule has 0 aliphatic carbocycles. The Hall–Kier alpha value is -0.940. The molecular weight excluding hydrogens is 196 g/mol. The number of hydrogen-bond donors (Lipinski definition) is 1. The van der Waals surface area contributed by atoms with Gasteiger partial charge in [0, 0.05) is 19.8 Å².